The number of methoxy groups -OCH3 is 1. The van der Waals surface area contributed by atoms with Crippen LogP contribution in [0.3, 0.4) is 0 Å². The number of carbonyl (C=O) groups is 2. The lowest BCUT2D eigenvalue weighted by Gasteiger charge is -2.23. The summed E-state index contributed by atoms with van der Waals surface area (Å²) in [6, 6.07) is 14.3. The summed E-state index contributed by atoms with van der Waals surface area (Å²) in [7, 11) is -3.15. The minimum absolute atomic E-state index is 0.202. The molecule has 1 aromatic heterocycles. The smallest absolute Gasteiger partial charge is 0.407 e. The predicted octanol–water partition coefficient (Wildman–Crippen LogP) is 3.85. The van der Waals surface area contributed by atoms with Gasteiger partial charge in [-0.3, -0.25) is 14.1 Å². The second-order valence-corrected chi connectivity index (χ2v) is 10.7. The lowest BCUT2D eigenvalue weighted by atomic mass is 10.0. The molecule has 37 heavy (non-hydrogen) atoms. The van der Waals surface area contributed by atoms with Crippen LogP contribution in [0.5, 0.6) is 0 Å². The zero-order valence-electron chi connectivity index (χ0n) is 20.7. The summed E-state index contributed by atoms with van der Waals surface area (Å²) in [5.74, 6) is -0.185. The second-order valence-electron chi connectivity index (χ2n) is 8.68. The maximum absolute atomic E-state index is 13.4. The maximum atomic E-state index is 13.4. The molecule has 4 N–H and O–H groups in total. The van der Waals surface area contributed by atoms with Crippen LogP contribution in [0.15, 0.2) is 60.0 Å². The van der Waals surface area contributed by atoms with Crippen LogP contribution in [0.2, 0.25) is 0 Å². The minimum Gasteiger partial charge on any atom is -0.453 e. The molecule has 0 saturated heterocycles. The van der Waals surface area contributed by atoms with Gasteiger partial charge in [-0.2, -0.15) is 8.42 Å². The molecule has 0 bridgehead atoms. The molecule has 3 aromatic rings. The average molecular weight is 547 g/mol. The largest absolute Gasteiger partial charge is 0.453 e. The summed E-state index contributed by atoms with van der Waals surface area (Å²) in [6.45, 7) is 4.07. The molecule has 0 saturated carbocycles. The van der Waals surface area contributed by atoms with E-state index in [1.165, 1.54) is 30.6 Å². The number of hydrogen-bond acceptors (Lipinski definition) is 7. The summed E-state index contributed by atoms with van der Waals surface area (Å²) in [5, 5.41) is 8.45. The fourth-order valence-electron chi connectivity index (χ4n) is 3.58. The van der Waals surface area contributed by atoms with Gasteiger partial charge in [0.05, 0.1) is 29.5 Å². The molecule has 12 heteroatoms. The van der Waals surface area contributed by atoms with Crippen molar-refractivity contribution in [3.63, 3.8) is 0 Å². The molecule has 0 aliphatic carbocycles. The topological polar surface area (TPSA) is 147 Å². The Morgan fingerprint density at radius 1 is 1.00 bits per heavy atom. The summed E-state index contributed by atoms with van der Waals surface area (Å²) < 4.78 is 37.8. The van der Waals surface area contributed by atoms with E-state index in [2.05, 4.69) is 10.6 Å². The second kappa shape index (κ2) is 12.7. The Morgan fingerprint density at radius 3 is 2.22 bits per heavy atom. The number of aromatic nitrogens is 1. The normalized spacial score (nSPS) is 13.0. The molecule has 0 aliphatic heterocycles. The van der Waals surface area contributed by atoms with Crippen LogP contribution in [0.1, 0.15) is 47.6 Å². The van der Waals surface area contributed by atoms with Gasteiger partial charge in [-0.05, 0) is 29.7 Å². The van der Waals surface area contributed by atoms with Crippen LogP contribution in [-0.2, 0) is 32.7 Å². The van der Waals surface area contributed by atoms with E-state index in [4.69, 9.17) is 14.3 Å². The van der Waals surface area contributed by atoms with Crippen molar-refractivity contribution in [2.75, 3.05) is 11.8 Å². The number of hydrogen-bond donors (Lipinski definition) is 4. The third-order valence-electron chi connectivity index (χ3n) is 5.42. The first-order chi connectivity index (χ1) is 17.5. The number of amides is 2. The number of nitrogens with one attached hydrogen (secondary N) is 3. The third kappa shape index (κ3) is 8.85. The van der Waals surface area contributed by atoms with Crippen LogP contribution >= 0.6 is 11.3 Å². The van der Waals surface area contributed by atoms with E-state index in [1.807, 2.05) is 54.3 Å². The van der Waals surface area contributed by atoms with Crippen LogP contribution in [0.25, 0.3) is 0 Å². The van der Waals surface area contributed by atoms with Gasteiger partial charge >= 0.3 is 16.4 Å². The monoisotopic (exact) mass is 546 g/mol. The van der Waals surface area contributed by atoms with Crippen molar-refractivity contribution in [3.05, 3.63) is 81.8 Å². The van der Waals surface area contributed by atoms with E-state index in [-0.39, 0.29) is 18.0 Å². The van der Waals surface area contributed by atoms with Crippen molar-refractivity contribution in [1.82, 2.24) is 15.6 Å². The van der Waals surface area contributed by atoms with Crippen molar-refractivity contribution < 1.29 is 27.3 Å². The SMILES string of the molecule is COC(=O)N[C@@H](Cc1ccccc1)C(=O)N[C@@H](Cc1ccc(NS(=O)(=O)O)cc1)c1csc(C(C)C)n1. The van der Waals surface area contributed by atoms with Gasteiger partial charge in [0.1, 0.15) is 6.04 Å². The Labute approximate surface area is 220 Å². The number of anilines is 1. The summed E-state index contributed by atoms with van der Waals surface area (Å²) in [6.07, 6.45) is -0.0980. The first kappa shape index (κ1) is 28.1. The van der Waals surface area contributed by atoms with Gasteiger partial charge in [-0.15, -0.1) is 11.3 Å². The Morgan fingerprint density at radius 2 is 1.65 bits per heavy atom. The highest BCUT2D eigenvalue weighted by atomic mass is 32.2. The molecule has 2 amide bonds. The van der Waals surface area contributed by atoms with E-state index in [9.17, 15) is 18.0 Å². The molecule has 10 nitrogen and oxygen atoms in total. The lowest BCUT2D eigenvalue weighted by molar-refractivity contribution is -0.123. The first-order valence-electron chi connectivity index (χ1n) is 11.5. The van der Waals surface area contributed by atoms with Gasteiger partial charge in [0.2, 0.25) is 5.91 Å². The number of ether oxygens (including phenoxy) is 1. The fourth-order valence-corrected chi connectivity index (χ4v) is 4.90. The number of benzene rings is 2. The highest BCUT2D eigenvalue weighted by Crippen LogP contribution is 2.26. The standard InChI is InChI=1S/C25H30N4O6S2/c1-16(2)24-27-22(15-36-24)20(13-18-9-11-19(12-10-18)29-37(32,33)34)26-23(30)21(28-25(31)35-3)14-17-7-5-4-6-8-17/h4-12,15-16,20-21,29H,13-14H2,1-3H3,(H,26,30)(H,28,31)(H,32,33,34)/t20-,21-/m0/s1. The van der Waals surface area contributed by atoms with E-state index in [0.717, 1.165) is 16.1 Å². The van der Waals surface area contributed by atoms with Gasteiger partial charge in [0.15, 0.2) is 0 Å². The molecule has 0 radical (unpaired) electrons. The van der Waals surface area contributed by atoms with Gasteiger partial charge in [-0.1, -0.05) is 56.3 Å². The number of thiazole rings is 1. The number of carbonyl (C=O) groups excluding carboxylic acids is 2. The highest BCUT2D eigenvalue weighted by molar-refractivity contribution is 7.87. The van der Waals surface area contributed by atoms with Crippen LogP contribution in [-0.4, -0.2) is 43.1 Å². The molecule has 2 atom stereocenters. The Kier molecular flexibility index (Phi) is 9.61. The summed E-state index contributed by atoms with van der Waals surface area (Å²) >= 11 is 1.50. The molecular weight excluding hydrogens is 516 g/mol. The van der Waals surface area contributed by atoms with Crippen LogP contribution in [0.4, 0.5) is 10.5 Å². The molecule has 3 rings (SSSR count). The van der Waals surface area contributed by atoms with Crippen LogP contribution < -0.4 is 15.4 Å². The first-order valence-corrected chi connectivity index (χ1v) is 13.8. The zero-order chi connectivity index (χ0) is 27.0. The van der Waals surface area contributed by atoms with Gasteiger partial charge in [0.25, 0.3) is 0 Å². The average Bonchev–Trinajstić information content (AvgIpc) is 3.35. The van der Waals surface area contributed by atoms with Gasteiger partial charge < -0.3 is 15.4 Å². The van der Waals surface area contributed by atoms with Crippen molar-refractivity contribution in [2.24, 2.45) is 0 Å². The Balaban J connectivity index is 1.85. The highest BCUT2D eigenvalue weighted by Gasteiger charge is 2.26. The third-order valence-corrected chi connectivity index (χ3v) is 7.08. The Hall–Kier alpha value is -3.48. The fraction of sp³-hybridized carbons (Fsp3) is 0.320. The maximum Gasteiger partial charge on any atom is 0.407 e. The molecular formula is C25H30N4O6S2. The quantitative estimate of drug-likeness (QED) is 0.267. The van der Waals surface area contributed by atoms with Crippen molar-refractivity contribution in [2.45, 2.75) is 44.7 Å². The minimum atomic E-state index is -4.39. The summed E-state index contributed by atoms with van der Waals surface area (Å²) in [5.41, 5.74) is 2.55. The molecule has 198 valence electrons. The van der Waals surface area contributed by atoms with Gasteiger partial charge in [-0.25, -0.2) is 9.78 Å². The van der Waals surface area contributed by atoms with E-state index >= 15 is 0 Å². The molecule has 2 aromatic carbocycles. The number of rotatable bonds is 11. The van der Waals surface area contributed by atoms with E-state index in [1.54, 1.807) is 12.1 Å². The molecule has 0 spiro atoms. The van der Waals surface area contributed by atoms with E-state index < -0.39 is 34.4 Å². The molecule has 1 heterocycles. The summed E-state index contributed by atoms with van der Waals surface area (Å²) in [4.78, 5) is 30.1. The number of nitrogens with zero attached hydrogens (tertiary/aromatic N) is 1. The zero-order valence-corrected chi connectivity index (χ0v) is 22.3. The van der Waals surface area contributed by atoms with Crippen molar-refractivity contribution in [1.29, 1.82) is 0 Å². The van der Waals surface area contributed by atoms with Crippen LogP contribution in [0, 0.1) is 0 Å². The predicted molar refractivity (Wildman–Crippen MR) is 142 cm³/mol. The molecule has 0 unspecified atom stereocenters. The number of alkyl carbamates (subject to hydrolysis) is 1. The lowest BCUT2D eigenvalue weighted by Crippen LogP contribution is -2.49. The van der Waals surface area contributed by atoms with E-state index in [0.29, 0.717) is 12.1 Å². The van der Waals surface area contributed by atoms with Gasteiger partial charge in [0, 0.05) is 17.7 Å². The molecule has 0 aliphatic rings. The van der Waals surface area contributed by atoms with Crippen molar-refractivity contribution >= 4 is 39.3 Å². The Bertz CT molecular complexity index is 1290. The molecule has 0 fully saturated rings. The van der Waals surface area contributed by atoms with Crippen molar-refractivity contribution in [3.8, 4) is 0 Å².